The molecule has 1 N–H and O–H groups in total. The lowest BCUT2D eigenvalue weighted by Gasteiger charge is -2.10. The fourth-order valence-corrected chi connectivity index (χ4v) is 0.945. The summed E-state index contributed by atoms with van der Waals surface area (Å²) in [5, 5.41) is 9.59. The highest BCUT2D eigenvalue weighted by molar-refractivity contribution is 6.30. The molecule has 0 aliphatic heterocycles. The van der Waals surface area contributed by atoms with E-state index in [1.54, 1.807) is 6.42 Å². The van der Waals surface area contributed by atoms with Gasteiger partial charge in [-0.2, -0.15) is 0 Å². The van der Waals surface area contributed by atoms with Gasteiger partial charge in [-0.05, 0) is 6.42 Å². The van der Waals surface area contributed by atoms with Gasteiger partial charge >= 0.3 is 0 Å². The summed E-state index contributed by atoms with van der Waals surface area (Å²) >= 11 is 5.72. The molecule has 2 nitrogen and oxygen atoms in total. The fourth-order valence-electron chi connectivity index (χ4n) is 0.736. The third-order valence-corrected chi connectivity index (χ3v) is 1.60. The number of rotatable bonds is 1. The van der Waals surface area contributed by atoms with Crippen LogP contribution < -0.4 is 0 Å². The van der Waals surface area contributed by atoms with E-state index in [4.69, 9.17) is 21.4 Å². The first-order valence-corrected chi connectivity index (χ1v) is 3.28. The van der Waals surface area contributed by atoms with Crippen LogP contribution >= 0.6 is 11.6 Å². The molecular weight excluding hydrogens is 152 g/mol. The minimum atomic E-state index is 0.209. The van der Waals surface area contributed by atoms with Crippen LogP contribution in [0, 0.1) is 6.42 Å². The molecule has 3 heteroatoms. The summed E-state index contributed by atoms with van der Waals surface area (Å²) in [7, 11) is 1.52. The molecule has 1 rings (SSSR count). The Hall–Kier alpha value is -0.630. The minimum absolute atomic E-state index is 0.209. The number of hydrogen-bond donors (Lipinski definition) is 1. The van der Waals surface area contributed by atoms with Gasteiger partial charge in [-0.1, -0.05) is 11.6 Å². The number of ether oxygens (including phenoxy) is 1. The highest BCUT2D eigenvalue weighted by Gasteiger charge is 2.10. The van der Waals surface area contributed by atoms with Crippen molar-refractivity contribution in [1.29, 1.82) is 0 Å². The zero-order valence-corrected chi connectivity index (χ0v) is 6.35. The normalized spacial score (nSPS) is 18.8. The number of aliphatic hydroxyl groups is 1. The van der Waals surface area contributed by atoms with Crippen molar-refractivity contribution in [3.8, 4) is 0 Å². The second-order valence-electron chi connectivity index (χ2n) is 1.95. The van der Waals surface area contributed by atoms with Gasteiger partial charge in [0.1, 0.15) is 11.5 Å². The predicted molar refractivity (Wildman–Crippen MR) is 39.5 cm³/mol. The topological polar surface area (TPSA) is 29.5 Å². The van der Waals surface area contributed by atoms with E-state index in [1.165, 1.54) is 13.2 Å². The summed E-state index contributed by atoms with van der Waals surface area (Å²) in [6.07, 6.45) is 3.67. The van der Waals surface area contributed by atoms with Gasteiger partial charge in [-0.15, -0.1) is 0 Å². The molecule has 0 saturated heterocycles. The highest BCUT2D eigenvalue weighted by atomic mass is 35.5. The lowest BCUT2D eigenvalue weighted by molar-refractivity contribution is 0.296. The van der Waals surface area contributed by atoms with Crippen LogP contribution in [0.3, 0.4) is 0 Å². The predicted octanol–water partition coefficient (Wildman–Crippen LogP) is 2.13. The summed E-state index contributed by atoms with van der Waals surface area (Å²) in [6.45, 7) is 0. The zero-order valence-electron chi connectivity index (χ0n) is 5.60. The third-order valence-electron chi connectivity index (χ3n) is 1.26. The number of halogens is 1. The Morgan fingerprint density at radius 3 is 2.90 bits per heavy atom. The van der Waals surface area contributed by atoms with Crippen molar-refractivity contribution in [3.63, 3.8) is 0 Å². The van der Waals surface area contributed by atoms with Gasteiger partial charge in [0.05, 0.1) is 12.1 Å². The van der Waals surface area contributed by atoms with Crippen LogP contribution in [0.4, 0.5) is 0 Å². The van der Waals surface area contributed by atoms with Crippen LogP contribution in [-0.4, -0.2) is 12.2 Å². The van der Waals surface area contributed by atoms with Crippen molar-refractivity contribution in [2.45, 2.75) is 6.42 Å². The van der Waals surface area contributed by atoms with Crippen molar-refractivity contribution in [1.82, 2.24) is 0 Å². The largest absolute Gasteiger partial charge is 0.512 e. The Balaban J connectivity index is 2.82. The standard InChI is InChI=1S/C7H8ClO2/c1-10-7-4-5(9)2-3-6(7)8/h2,4,9H,3H2,1H3. The van der Waals surface area contributed by atoms with E-state index in [2.05, 4.69) is 0 Å². The SMILES string of the molecule is COC1=C(Cl)C[CH]C(O)=C1. The number of methoxy groups -OCH3 is 1. The first kappa shape index (κ1) is 7.48. The Kier molecular flexibility index (Phi) is 2.22. The Morgan fingerprint density at radius 1 is 1.70 bits per heavy atom. The molecule has 0 heterocycles. The van der Waals surface area contributed by atoms with Gasteiger partial charge in [0, 0.05) is 12.5 Å². The average molecular weight is 160 g/mol. The fraction of sp³-hybridized carbons (Fsp3) is 0.286. The van der Waals surface area contributed by atoms with Gasteiger partial charge in [-0.25, -0.2) is 0 Å². The molecular formula is C7H8ClO2. The summed E-state index contributed by atoms with van der Waals surface area (Å²) in [5.41, 5.74) is 0. The van der Waals surface area contributed by atoms with Gasteiger partial charge in [0.15, 0.2) is 0 Å². The molecule has 1 aliphatic rings. The maximum Gasteiger partial charge on any atom is 0.136 e. The van der Waals surface area contributed by atoms with Crippen LogP contribution in [-0.2, 0) is 4.74 Å². The van der Waals surface area contributed by atoms with E-state index in [-0.39, 0.29) is 5.76 Å². The maximum atomic E-state index is 8.96. The smallest absolute Gasteiger partial charge is 0.136 e. The van der Waals surface area contributed by atoms with Crippen molar-refractivity contribution >= 4 is 11.6 Å². The van der Waals surface area contributed by atoms with Crippen molar-refractivity contribution in [2.75, 3.05) is 7.11 Å². The first-order chi connectivity index (χ1) is 4.74. The molecule has 1 radical (unpaired) electrons. The molecule has 0 atom stereocenters. The summed E-state index contributed by atoms with van der Waals surface area (Å²) < 4.78 is 4.87. The van der Waals surface area contributed by atoms with Crippen molar-refractivity contribution in [2.24, 2.45) is 0 Å². The monoisotopic (exact) mass is 159 g/mol. The average Bonchev–Trinajstić information content (AvgIpc) is 1.94. The summed E-state index contributed by atoms with van der Waals surface area (Å²) in [5.74, 6) is 0.753. The molecule has 0 bridgehead atoms. The Bertz CT molecular complexity index is 194. The van der Waals surface area contributed by atoms with Crippen molar-refractivity contribution < 1.29 is 9.84 Å². The maximum absolute atomic E-state index is 8.96. The zero-order chi connectivity index (χ0) is 7.56. The van der Waals surface area contributed by atoms with Gasteiger partial charge in [0.25, 0.3) is 0 Å². The first-order valence-electron chi connectivity index (χ1n) is 2.90. The van der Waals surface area contributed by atoms with Crippen LogP contribution in [0.15, 0.2) is 22.6 Å². The molecule has 0 aromatic heterocycles. The Morgan fingerprint density at radius 2 is 2.40 bits per heavy atom. The number of allylic oxidation sites excluding steroid dienone is 3. The third kappa shape index (κ3) is 1.45. The minimum Gasteiger partial charge on any atom is -0.512 e. The van der Waals surface area contributed by atoms with Gasteiger partial charge < -0.3 is 9.84 Å². The molecule has 0 fully saturated rings. The second kappa shape index (κ2) is 2.97. The van der Waals surface area contributed by atoms with Gasteiger partial charge in [-0.3, -0.25) is 0 Å². The van der Waals surface area contributed by atoms with Crippen LogP contribution in [0.1, 0.15) is 6.42 Å². The van der Waals surface area contributed by atoms with Crippen molar-refractivity contribution in [3.05, 3.63) is 29.0 Å². The molecule has 0 unspecified atom stereocenters. The van der Waals surface area contributed by atoms with Crippen LogP contribution in [0.25, 0.3) is 0 Å². The lowest BCUT2D eigenvalue weighted by Crippen LogP contribution is -1.97. The molecule has 0 aromatic rings. The quantitative estimate of drug-likeness (QED) is 0.635. The van der Waals surface area contributed by atoms with E-state index >= 15 is 0 Å². The number of hydrogen-bond acceptors (Lipinski definition) is 2. The Labute approximate surface area is 64.8 Å². The van der Waals surface area contributed by atoms with Gasteiger partial charge in [0.2, 0.25) is 0 Å². The van der Waals surface area contributed by atoms with Crippen LogP contribution in [0.5, 0.6) is 0 Å². The number of aliphatic hydroxyl groups excluding tert-OH is 1. The molecule has 1 aliphatic carbocycles. The van der Waals surface area contributed by atoms with E-state index in [9.17, 15) is 0 Å². The lowest BCUT2D eigenvalue weighted by atomic mass is 10.1. The molecule has 0 aromatic carbocycles. The molecule has 0 spiro atoms. The molecule has 55 valence electrons. The van der Waals surface area contributed by atoms with E-state index in [1.807, 2.05) is 0 Å². The highest BCUT2D eigenvalue weighted by Crippen LogP contribution is 2.24. The molecule has 0 amide bonds. The van der Waals surface area contributed by atoms with E-state index in [0.717, 1.165) is 0 Å². The van der Waals surface area contributed by atoms with E-state index in [0.29, 0.717) is 17.2 Å². The summed E-state index contributed by atoms with van der Waals surface area (Å²) in [6, 6.07) is 0. The van der Waals surface area contributed by atoms with Crippen LogP contribution in [0.2, 0.25) is 0 Å². The summed E-state index contributed by atoms with van der Waals surface area (Å²) in [4.78, 5) is 0. The molecule has 0 saturated carbocycles. The molecule has 10 heavy (non-hydrogen) atoms. The second-order valence-corrected chi connectivity index (χ2v) is 2.41. The van der Waals surface area contributed by atoms with E-state index < -0.39 is 0 Å².